The Bertz CT molecular complexity index is 644. The highest BCUT2D eigenvalue weighted by atomic mass is 16.1. The molecular formula is C17H22N4O. The molecule has 1 aliphatic carbocycles. The van der Waals surface area contributed by atoms with Crippen LogP contribution in [0.25, 0.3) is 5.69 Å². The third-order valence-electron chi connectivity index (χ3n) is 4.12. The van der Waals surface area contributed by atoms with Crippen LogP contribution in [0.3, 0.4) is 0 Å². The Morgan fingerprint density at radius 3 is 2.68 bits per heavy atom. The van der Waals surface area contributed by atoms with Gasteiger partial charge in [-0.3, -0.25) is 9.78 Å². The van der Waals surface area contributed by atoms with Crippen molar-refractivity contribution in [2.24, 2.45) is 5.41 Å². The molecule has 1 saturated carbocycles. The van der Waals surface area contributed by atoms with E-state index in [1.54, 1.807) is 12.4 Å². The first-order valence-electron chi connectivity index (χ1n) is 7.59. The second-order valence-electron chi connectivity index (χ2n) is 6.44. The monoisotopic (exact) mass is 298 g/mol. The number of hydrogen-bond acceptors (Lipinski definition) is 3. The fraction of sp³-hybridized carbons (Fsp3) is 0.412. The number of nitrogens with zero attached hydrogens (tertiary/aromatic N) is 3. The first-order chi connectivity index (χ1) is 10.6. The van der Waals surface area contributed by atoms with E-state index in [9.17, 15) is 4.79 Å². The van der Waals surface area contributed by atoms with Crippen LogP contribution in [0, 0.1) is 5.41 Å². The molecule has 0 saturated heterocycles. The van der Waals surface area contributed by atoms with E-state index >= 15 is 0 Å². The molecule has 0 atom stereocenters. The Balaban J connectivity index is 1.64. The third-order valence-corrected chi connectivity index (χ3v) is 4.12. The molecule has 116 valence electrons. The van der Waals surface area contributed by atoms with Gasteiger partial charge in [-0.1, -0.05) is 0 Å². The van der Waals surface area contributed by atoms with Crippen molar-refractivity contribution in [1.29, 1.82) is 0 Å². The molecule has 0 aliphatic heterocycles. The molecular weight excluding hydrogens is 276 g/mol. The Labute approximate surface area is 131 Å². The van der Waals surface area contributed by atoms with E-state index in [2.05, 4.69) is 29.3 Å². The number of carbonyl (C=O) groups excluding carboxylic acids is 1. The van der Waals surface area contributed by atoms with E-state index in [0.717, 1.165) is 18.8 Å². The fourth-order valence-electron chi connectivity index (χ4n) is 2.81. The highest BCUT2D eigenvalue weighted by molar-refractivity contribution is 5.94. The second-order valence-corrected chi connectivity index (χ2v) is 6.44. The lowest BCUT2D eigenvalue weighted by Gasteiger charge is -2.20. The number of rotatable bonds is 6. The van der Waals surface area contributed by atoms with Gasteiger partial charge in [-0.25, -0.2) is 0 Å². The van der Waals surface area contributed by atoms with E-state index in [4.69, 9.17) is 0 Å². The van der Waals surface area contributed by atoms with Gasteiger partial charge in [0.15, 0.2) is 0 Å². The molecule has 2 aromatic rings. The molecule has 5 nitrogen and oxygen atoms in total. The lowest BCUT2D eigenvalue weighted by molar-refractivity contribution is 0.0941. The summed E-state index contributed by atoms with van der Waals surface area (Å²) >= 11 is 0. The summed E-state index contributed by atoms with van der Waals surface area (Å²) in [6.45, 7) is 1.76. The van der Waals surface area contributed by atoms with E-state index in [-0.39, 0.29) is 11.3 Å². The average molecular weight is 298 g/mol. The summed E-state index contributed by atoms with van der Waals surface area (Å²) < 4.78 is 1.94. The summed E-state index contributed by atoms with van der Waals surface area (Å²) in [4.78, 5) is 18.7. The van der Waals surface area contributed by atoms with Crippen LogP contribution < -0.4 is 5.32 Å². The summed E-state index contributed by atoms with van der Waals surface area (Å²) in [5, 5.41) is 3.06. The maximum Gasteiger partial charge on any atom is 0.252 e. The zero-order valence-corrected chi connectivity index (χ0v) is 13.1. The molecule has 1 fully saturated rings. The van der Waals surface area contributed by atoms with Gasteiger partial charge in [0.1, 0.15) is 0 Å². The maximum atomic E-state index is 12.4. The van der Waals surface area contributed by atoms with E-state index in [1.807, 2.05) is 35.2 Å². The van der Waals surface area contributed by atoms with Gasteiger partial charge in [-0.2, -0.15) is 0 Å². The van der Waals surface area contributed by atoms with Crippen LogP contribution >= 0.6 is 0 Å². The fourth-order valence-corrected chi connectivity index (χ4v) is 2.81. The Hall–Kier alpha value is -2.14. The topological polar surface area (TPSA) is 50.2 Å². The van der Waals surface area contributed by atoms with Crippen LogP contribution in [0.2, 0.25) is 0 Å². The summed E-state index contributed by atoms with van der Waals surface area (Å²) in [5.41, 5.74) is 1.77. The first kappa shape index (κ1) is 14.8. The van der Waals surface area contributed by atoms with Crippen LogP contribution in [0.15, 0.2) is 43.0 Å². The molecule has 0 radical (unpaired) electrons. The lowest BCUT2D eigenvalue weighted by Crippen LogP contribution is -2.35. The van der Waals surface area contributed by atoms with Gasteiger partial charge in [0, 0.05) is 37.1 Å². The largest absolute Gasteiger partial charge is 0.351 e. The minimum Gasteiger partial charge on any atom is -0.351 e. The number of carbonyl (C=O) groups is 1. The molecule has 3 rings (SSSR count). The van der Waals surface area contributed by atoms with E-state index < -0.39 is 0 Å². The minimum absolute atomic E-state index is 0.0495. The van der Waals surface area contributed by atoms with Crippen LogP contribution in [0.5, 0.6) is 0 Å². The minimum atomic E-state index is -0.0495. The molecule has 0 spiro atoms. The highest BCUT2D eigenvalue weighted by Crippen LogP contribution is 2.45. The molecule has 2 aromatic heterocycles. The van der Waals surface area contributed by atoms with Crippen LogP contribution in [-0.4, -0.2) is 47.5 Å². The second kappa shape index (κ2) is 5.93. The van der Waals surface area contributed by atoms with Crippen molar-refractivity contribution in [3.63, 3.8) is 0 Å². The van der Waals surface area contributed by atoms with Crippen molar-refractivity contribution >= 4 is 5.91 Å². The number of nitrogens with one attached hydrogen (secondary N) is 1. The predicted octanol–water partition coefficient (Wildman–Crippen LogP) is 1.94. The molecule has 5 heteroatoms. The van der Waals surface area contributed by atoms with E-state index in [0.29, 0.717) is 5.56 Å². The average Bonchev–Trinajstić information content (AvgIpc) is 3.03. The van der Waals surface area contributed by atoms with Crippen molar-refractivity contribution in [3.8, 4) is 5.69 Å². The number of aromatic nitrogens is 2. The van der Waals surface area contributed by atoms with Crippen molar-refractivity contribution < 1.29 is 4.79 Å². The van der Waals surface area contributed by atoms with Crippen LogP contribution in [0.1, 0.15) is 23.2 Å². The smallest absolute Gasteiger partial charge is 0.252 e. The lowest BCUT2D eigenvalue weighted by atomic mass is 10.1. The Morgan fingerprint density at radius 2 is 2.05 bits per heavy atom. The summed E-state index contributed by atoms with van der Waals surface area (Å²) in [6.07, 6.45) is 9.63. The first-order valence-corrected chi connectivity index (χ1v) is 7.59. The highest BCUT2D eigenvalue weighted by Gasteiger charge is 2.42. The quantitative estimate of drug-likeness (QED) is 0.887. The zero-order valence-electron chi connectivity index (χ0n) is 13.1. The Kier molecular flexibility index (Phi) is 3.98. The van der Waals surface area contributed by atoms with Gasteiger partial charge in [-0.05, 0) is 45.1 Å². The number of pyridine rings is 1. The molecule has 0 bridgehead atoms. The van der Waals surface area contributed by atoms with Gasteiger partial charge < -0.3 is 14.8 Å². The van der Waals surface area contributed by atoms with Gasteiger partial charge in [0.25, 0.3) is 5.91 Å². The molecule has 0 unspecified atom stereocenters. The van der Waals surface area contributed by atoms with Gasteiger partial charge >= 0.3 is 0 Å². The normalized spacial score (nSPS) is 15.8. The molecule has 0 aromatic carbocycles. The maximum absolute atomic E-state index is 12.4. The molecule has 1 amide bonds. The molecule has 1 N–H and O–H groups in total. The predicted molar refractivity (Wildman–Crippen MR) is 86.1 cm³/mol. The Morgan fingerprint density at radius 1 is 1.32 bits per heavy atom. The van der Waals surface area contributed by atoms with Crippen molar-refractivity contribution in [2.75, 3.05) is 27.2 Å². The third kappa shape index (κ3) is 3.36. The molecule has 1 aliphatic rings. The standard InChI is InChI=1S/C17H22N4O/c1-20(2)13-17(5-6-17)12-19-16(22)14-9-15(11-18-10-14)21-7-3-4-8-21/h3-4,7-11H,5-6,12-13H2,1-2H3,(H,19,22). The summed E-state index contributed by atoms with van der Waals surface area (Å²) in [7, 11) is 4.15. The summed E-state index contributed by atoms with van der Waals surface area (Å²) in [5.74, 6) is -0.0495. The van der Waals surface area contributed by atoms with Crippen LogP contribution in [0.4, 0.5) is 0 Å². The van der Waals surface area contributed by atoms with Crippen molar-refractivity contribution in [2.45, 2.75) is 12.8 Å². The van der Waals surface area contributed by atoms with Gasteiger partial charge in [0.2, 0.25) is 0 Å². The van der Waals surface area contributed by atoms with Crippen LogP contribution in [-0.2, 0) is 0 Å². The molecule has 22 heavy (non-hydrogen) atoms. The van der Waals surface area contributed by atoms with Crippen molar-refractivity contribution in [1.82, 2.24) is 19.8 Å². The van der Waals surface area contributed by atoms with E-state index in [1.165, 1.54) is 12.8 Å². The number of hydrogen-bond donors (Lipinski definition) is 1. The number of amides is 1. The molecule has 2 heterocycles. The zero-order chi connectivity index (χ0) is 15.6. The van der Waals surface area contributed by atoms with Gasteiger partial charge in [-0.15, -0.1) is 0 Å². The van der Waals surface area contributed by atoms with Crippen molar-refractivity contribution in [3.05, 3.63) is 48.5 Å². The van der Waals surface area contributed by atoms with Gasteiger partial charge in [0.05, 0.1) is 17.4 Å². The summed E-state index contributed by atoms with van der Waals surface area (Å²) in [6, 6.07) is 5.77. The SMILES string of the molecule is CN(C)CC1(CNC(=O)c2cncc(-n3cccc3)c2)CC1.